The molecule has 17 heavy (non-hydrogen) atoms. The minimum Gasteiger partial charge on any atom is -0.490 e. The molecule has 3 heteroatoms. The van der Waals surface area contributed by atoms with Gasteiger partial charge >= 0.3 is 0 Å². The summed E-state index contributed by atoms with van der Waals surface area (Å²) in [5, 5.41) is 0. The molecule has 2 nitrogen and oxygen atoms in total. The van der Waals surface area contributed by atoms with Crippen LogP contribution in [0.25, 0.3) is 0 Å². The van der Waals surface area contributed by atoms with E-state index in [-0.39, 0.29) is 18.0 Å². The molecule has 0 bridgehead atoms. The molecule has 0 aromatic heterocycles. The normalized spacial score (nSPS) is 12.8. The Bertz CT molecular complexity index is 348. The second-order valence-corrected chi connectivity index (χ2v) is 4.49. The highest BCUT2D eigenvalue weighted by Gasteiger charge is 2.11. The first-order valence-corrected chi connectivity index (χ1v) is 6.27. The fourth-order valence-corrected chi connectivity index (χ4v) is 1.80. The summed E-state index contributed by atoms with van der Waals surface area (Å²) < 4.78 is 19.1. The minimum atomic E-state index is -0.238. The topological polar surface area (TPSA) is 35.2 Å². The van der Waals surface area contributed by atoms with Crippen LogP contribution in [0.15, 0.2) is 18.2 Å². The van der Waals surface area contributed by atoms with Crippen molar-refractivity contribution in [2.75, 3.05) is 0 Å². The van der Waals surface area contributed by atoms with E-state index in [1.54, 1.807) is 6.07 Å². The molecular formula is C14H22FNO. The molecule has 2 N–H and O–H groups in total. The Kier molecular flexibility index (Phi) is 5.42. The summed E-state index contributed by atoms with van der Waals surface area (Å²) in [5.41, 5.74) is 6.61. The fraction of sp³-hybridized carbons (Fsp3) is 0.571. The van der Waals surface area contributed by atoms with Crippen LogP contribution in [-0.2, 0) is 6.42 Å². The summed E-state index contributed by atoms with van der Waals surface area (Å²) in [6.07, 6.45) is 2.72. The van der Waals surface area contributed by atoms with Crippen molar-refractivity contribution in [3.8, 4) is 5.75 Å². The molecule has 0 heterocycles. The van der Waals surface area contributed by atoms with Crippen molar-refractivity contribution in [3.05, 3.63) is 29.6 Å². The van der Waals surface area contributed by atoms with Gasteiger partial charge in [-0.2, -0.15) is 0 Å². The predicted molar refractivity (Wildman–Crippen MR) is 68.8 cm³/mol. The van der Waals surface area contributed by atoms with Crippen LogP contribution < -0.4 is 10.5 Å². The summed E-state index contributed by atoms with van der Waals surface area (Å²) in [5.74, 6) is 0.523. The molecule has 96 valence electrons. The lowest BCUT2D eigenvalue weighted by Gasteiger charge is -2.19. The molecule has 0 saturated carbocycles. The Morgan fingerprint density at radius 1 is 1.29 bits per heavy atom. The Balaban J connectivity index is 2.89. The van der Waals surface area contributed by atoms with Gasteiger partial charge in [0.05, 0.1) is 6.10 Å². The molecule has 1 unspecified atom stereocenters. The molecule has 0 aliphatic heterocycles. The number of ether oxygens (including phenoxy) is 1. The standard InChI is InChI=1S/C14H22FNO/c1-4-13(5-2)17-14-7-6-12(15)9-11(14)8-10(3)16/h6-7,9-10,13H,4-5,8,16H2,1-3H3. The summed E-state index contributed by atoms with van der Waals surface area (Å²) in [7, 11) is 0. The van der Waals surface area contributed by atoms with E-state index >= 15 is 0 Å². The van der Waals surface area contributed by atoms with Gasteiger partial charge in [-0.1, -0.05) is 13.8 Å². The molecule has 0 amide bonds. The smallest absolute Gasteiger partial charge is 0.123 e. The first-order valence-electron chi connectivity index (χ1n) is 6.27. The van der Waals surface area contributed by atoms with Crippen molar-refractivity contribution in [3.63, 3.8) is 0 Å². The van der Waals surface area contributed by atoms with E-state index in [2.05, 4.69) is 13.8 Å². The van der Waals surface area contributed by atoms with E-state index in [1.807, 2.05) is 6.92 Å². The van der Waals surface area contributed by atoms with Crippen molar-refractivity contribution in [1.29, 1.82) is 0 Å². The first-order chi connectivity index (χ1) is 8.06. The second-order valence-electron chi connectivity index (χ2n) is 4.49. The van der Waals surface area contributed by atoms with E-state index in [9.17, 15) is 4.39 Å². The molecule has 0 fully saturated rings. The Morgan fingerprint density at radius 2 is 1.94 bits per heavy atom. The quantitative estimate of drug-likeness (QED) is 0.826. The summed E-state index contributed by atoms with van der Waals surface area (Å²) in [6, 6.07) is 4.65. The molecular weight excluding hydrogens is 217 g/mol. The van der Waals surface area contributed by atoms with Gasteiger partial charge in [-0.05, 0) is 49.9 Å². The predicted octanol–water partition coefficient (Wildman–Crippen LogP) is 3.28. The van der Waals surface area contributed by atoms with Gasteiger partial charge in [-0.25, -0.2) is 4.39 Å². The largest absolute Gasteiger partial charge is 0.490 e. The number of hydrogen-bond acceptors (Lipinski definition) is 2. The van der Waals surface area contributed by atoms with Crippen molar-refractivity contribution < 1.29 is 9.13 Å². The number of nitrogens with two attached hydrogens (primary N) is 1. The zero-order chi connectivity index (χ0) is 12.8. The Labute approximate surface area is 103 Å². The highest BCUT2D eigenvalue weighted by molar-refractivity contribution is 5.34. The third kappa shape index (κ3) is 4.35. The molecule has 0 aliphatic carbocycles. The van der Waals surface area contributed by atoms with Crippen LogP contribution in [0.4, 0.5) is 4.39 Å². The van der Waals surface area contributed by atoms with Gasteiger partial charge in [0, 0.05) is 6.04 Å². The maximum atomic E-state index is 13.2. The molecule has 1 aromatic rings. The summed E-state index contributed by atoms with van der Waals surface area (Å²) in [4.78, 5) is 0. The van der Waals surface area contributed by atoms with Gasteiger partial charge < -0.3 is 10.5 Å². The van der Waals surface area contributed by atoms with E-state index < -0.39 is 0 Å². The Morgan fingerprint density at radius 3 is 2.47 bits per heavy atom. The third-order valence-electron chi connectivity index (χ3n) is 2.77. The molecule has 1 aromatic carbocycles. The zero-order valence-corrected chi connectivity index (χ0v) is 10.9. The average Bonchev–Trinajstić information content (AvgIpc) is 2.27. The number of benzene rings is 1. The molecule has 1 rings (SSSR count). The van der Waals surface area contributed by atoms with Crippen LogP contribution in [0.2, 0.25) is 0 Å². The lowest BCUT2D eigenvalue weighted by atomic mass is 10.1. The first kappa shape index (κ1) is 14.0. The maximum absolute atomic E-state index is 13.2. The van der Waals surface area contributed by atoms with Gasteiger partial charge in [-0.15, -0.1) is 0 Å². The molecule has 0 radical (unpaired) electrons. The number of hydrogen-bond donors (Lipinski definition) is 1. The van der Waals surface area contributed by atoms with Crippen LogP contribution in [-0.4, -0.2) is 12.1 Å². The second kappa shape index (κ2) is 6.60. The van der Waals surface area contributed by atoms with Crippen molar-refractivity contribution in [1.82, 2.24) is 0 Å². The summed E-state index contributed by atoms with van der Waals surface area (Å²) in [6.45, 7) is 6.08. The van der Waals surface area contributed by atoms with Crippen LogP contribution in [0.1, 0.15) is 39.2 Å². The van der Waals surface area contributed by atoms with Gasteiger partial charge in [0.2, 0.25) is 0 Å². The maximum Gasteiger partial charge on any atom is 0.123 e. The van der Waals surface area contributed by atoms with Crippen molar-refractivity contribution in [2.24, 2.45) is 5.73 Å². The van der Waals surface area contributed by atoms with Gasteiger partial charge in [0.25, 0.3) is 0 Å². The van der Waals surface area contributed by atoms with E-state index in [0.717, 1.165) is 24.2 Å². The van der Waals surface area contributed by atoms with Crippen molar-refractivity contribution >= 4 is 0 Å². The Hall–Kier alpha value is -1.09. The minimum absolute atomic E-state index is 0.000790. The highest BCUT2D eigenvalue weighted by atomic mass is 19.1. The molecule has 0 aliphatic rings. The lowest BCUT2D eigenvalue weighted by Crippen LogP contribution is -2.20. The van der Waals surface area contributed by atoms with Crippen LogP contribution in [0.5, 0.6) is 5.75 Å². The van der Waals surface area contributed by atoms with Crippen LogP contribution in [0, 0.1) is 5.82 Å². The van der Waals surface area contributed by atoms with Crippen LogP contribution in [0.3, 0.4) is 0 Å². The SMILES string of the molecule is CCC(CC)Oc1ccc(F)cc1CC(C)N. The molecule has 0 saturated heterocycles. The number of halogens is 1. The summed E-state index contributed by atoms with van der Waals surface area (Å²) >= 11 is 0. The monoisotopic (exact) mass is 239 g/mol. The lowest BCUT2D eigenvalue weighted by molar-refractivity contribution is 0.190. The molecule has 1 atom stereocenters. The van der Waals surface area contributed by atoms with E-state index in [0.29, 0.717) is 6.42 Å². The van der Waals surface area contributed by atoms with Gasteiger partial charge in [0.1, 0.15) is 11.6 Å². The fourth-order valence-electron chi connectivity index (χ4n) is 1.80. The van der Waals surface area contributed by atoms with E-state index in [1.165, 1.54) is 12.1 Å². The van der Waals surface area contributed by atoms with Gasteiger partial charge in [-0.3, -0.25) is 0 Å². The van der Waals surface area contributed by atoms with Gasteiger partial charge in [0.15, 0.2) is 0 Å². The van der Waals surface area contributed by atoms with Crippen LogP contribution >= 0.6 is 0 Å². The van der Waals surface area contributed by atoms with Crippen molar-refractivity contribution in [2.45, 2.75) is 52.2 Å². The number of rotatable bonds is 6. The third-order valence-corrected chi connectivity index (χ3v) is 2.77. The van der Waals surface area contributed by atoms with E-state index in [4.69, 9.17) is 10.5 Å². The zero-order valence-electron chi connectivity index (χ0n) is 10.9. The highest BCUT2D eigenvalue weighted by Crippen LogP contribution is 2.23. The molecule has 0 spiro atoms. The average molecular weight is 239 g/mol.